The number of esters is 1. The molecule has 1 atom stereocenters. The lowest BCUT2D eigenvalue weighted by molar-refractivity contribution is -0.147. The Morgan fingerprint density at radius 3 is 2.19 bits per heavy atom. The molecular weight excluding hydrogens is 268 g/mol. The maximum Gasteiger partial charge on any atom is 0.322 e. The first-order valence-corrected chi connectivity index (χ1v) is 7.26. The summed E-state index contributed by atoms with van der Waals surface area (Å²) in [6.45, 7) is 6.89. The van der Waals surface area contributed by atoms with Crippen LogP contribution in [0.5, 0.6) is 0 Å². The number of alkyl halides is 1. The molecule has 0 saturated heterocycles. The average Bonchev–Trinajstić information content (AvgIpc) is 2.27. The van der Waals surface area contributed by atoms with E-state index in [1.54, 1.807) is 0 Å². The first-order valence-electron chi connectivity index (χ1n) is 6.46. The Balaban J connectivity index is 4.20. The summed E-state index contributed by atoms with van der Waals surface area (Å²) in [5, 5.41) is 0. The van der Waals surface area contributed by atoms with Crippen molar-refractivity contribution in [1.29, 1.82) is 0 Å². The molecule has 0 spiro atoms. The highest BCUT2D eigenvalue weighted by molar-refractivity contribution is 9.10. The van der Waals surface area contributed by atoms with Gasteiger partial charge in [-0.05, 0) is 19.3 Å². The zero-order valence-corrected chi connectivity index (χ0v) is 12.4. The van der Waals surface area contributed by atoms with Crippen LogP contribution in [0.3, 0.4) is 0 Å². The molecule has 2 nitrogen and oxygen atoms in total. The van der Waals surface area contributed by atoms with E-state index in [9.17, 15) is 4.79 Å². The number of ether oxygens (including phenoxy) is 1. The predicted octanol–water partition coefficient (Wildman–Crippen LogP) is 4.45. The second-order valence-electron chi connectivity index (χ2n) is 4.31. The largest absolute Gasteiger partial charge is 0.465 e. The quantitative estimate of drug-likeness (QED) is 0.356. The molecule has 0 bridgehead atoms. The summed E-state index contributed by atoms with van der Waals surface area (Å²) in [5.41, 5.74) is 0. The highest BCUT2D eigenvalue weighted by Crippen LogP contribution is 2.32. The third-order valence-electron chi connectivity index (χ3n) is 2.67. The predicted molar refractivity (Wildman–Crippen MR) is 72.0 cm³/mol. The molecule has 0 aromatic rings. The van der Waals surface area contributed by atoms with Gasteiger partial charge in [-0.3, -0.25) is 4.79 Å². The van der Waals surface area contributed by atoms with E-state index in [1.807, 2.05) is 0 Å². The number of hydrogen-bond donors (Lipinski definition) is 0. The smallest absolute Gasteiger partial charge is 0.322 e. The lowest BCUT2D eigenvalue weighted by atomic mass is 9.97. The summed E-state index contributed by atoms with van der Waals surface area (Å²) in [5.74, 6) is -0.0729. The van der Waals surface area contributed by atoms with Crippen LogP contribution >= 0.6 is 15.9 Å². The van der Waals surface area contributed by atoms with Crippen molar-refractivity contribution < 1.29 is 9.53 Å². The Morgan fingerprint density at radius 2 is 1.69 bits per heavy atom. The topological polar surface area (TPSA) is 26.3 Å². The monoisotopic (exact) mass is 292 g/mol. The van der Waals surface area contributed by atoms with Crippen LogP contribution in [0.25, 0.3) is 0 Å². The van der Waals surface area contributed by atoms with Gasteiger partial charge < -0.3 is 4.74 Å². The van der Waals surface area contributed by atoms with Crippen molar-refractivity contribution in [1.82, 2.24) is 0 Å². The molecule has 0 heterocycles. The standard InChI is InChI=1S/C13H25BrO2/c1-4-7-10-13(14,9-6-3)12(15)16-11-8-5-2/h4-11H2,1-3H3. The van der Waals surface area contributed by atoms with Gasteiger partial charge in [0.25, 0.3) is 0 Å². The minimum Gasteiger partial charge on any atom is -0.465 e. The zero-order valence-electron chi connectivity index (χ0n) is 10.9. The van der Waals surface area contributed by atoms with E-state index in [-0.39, 0.29) is 5.97 Å². The molecular formula is C13H25BrO2. The maximum absolute atomic E-state index is 12.0. The van der Waals surface area contributed by atoms with Gasteiger partial charge in [0.15, 0.2) is 0 Å². The molecule has 16 heavy (non-hydrogen) atoms. The van der Waals surface area contributed by atoms with Crippen molar-refractivity contribution >= 4 is 21.9 Å². The first-order chi connectivity index (χ1) is 7.60. The van der Waals surface area contributed by atoms with Crippen LogP contribution in [0.1, 0.15) is 65.7 Å². The van der Waals surface area contributed by atoms with Gasteiger partial charge in [-0.1, -0.05) is 62.4 Å². The number of unbranched alkanes of at least 4 members (excludes halogenated alkanes) is 2. The van der Waals surface area contributed by atoms with Crippen molar-refractivity contribution in [3.8, 4) is 0 Å². The average molecular weight is 293 g/mol. The normalized spacial score (nSPS) is 14.5. The Kier molecular flexibility index (Phi) is 9.00. The lowest BCUT2D eigenvalue weighted by Gasteiger charge is -2.24. The van der Waals surface area contributed by atoms with Crippen LogP contribution in [-0.4, -0.2) is 16.9 Å². The van der Waals surface area contributed by atoms with Crippen molar-refractivity contribution in [2.45, 2.75) is 70.0 Å². The summed E-state index contributed by atoms with van der Waals surface area (Å²) < 4.78 is 4.87. The Morgan fingerprint density at radius 1 is 1.06 bits per heavy atom. The Bertz CT molecular complexity index is 194. The highest BCUT2D eigenvalue weighted by atomic mass is 79.9. The zero-order chi connectivity index (χ0) is 12.4. The van der Waals surface area contributed by atoms with Gasteiger partial charge in [0.1, 0.15) is 4.32 Å². The van der Waals surface area contributed by atoms with E-state index < -0.39 is 4.32 Å². The minimum absolute atomic E-state index is 0.0729. The fourth-order valence-electron chi connectivity index (χ4n) is 1.62. The van der Waals surface area contributed by atoms with E-state index in [4.69, 9.17) is 4.74 Å². The molecule has 0 radical (unpaired) electrons. The van der Waals surface area contributed by atoms with Crippen LogP contribution < -0.4 is 0 Å². The minimum atomic E-state index is -0.439. The molecule has 0 aromatic carbocycles. The highest BCUT2D eigenvalue weighted by Gasteiger charge is 2.35. The maximum atomic E-state index is 12.0. The van der Waals surface area contributed by atoms with Gasteiger partial charge in [-0.2, -0.15) is 0 Å². The fourth-order valence-corrected chi connectivity index (χ4v) is 2.41. The fraction of sp³-hybridized carbons (Fsp3) is 0.923. The molecule has 0 fully saturated rings. The molecule has 96 valence electrons. The number of carbonyl (C=O) groups is 1. The summed E-state index contributed by atoms with van der Waals surface area (Å²) in [6.07, 6.45) is 6.92. The van der Waals surface area contributed by atoms with Crippen molar-refractivity contribution in [2.75, 3.05) is 6.61 Å². The Hall–Kier alpha value is -0.0500. The number of hydrogen-bond acceptors (Lipinski definition) is 2. The second kappa shape index (κ2) is 9.03. The van der Waals surface area contributed by atoms with Crippen molar-refractivity contribution in [3.63, 3.8) is 0 Å². The van der Waals surface area contributed by atoms with E-state index in [0.29, 0.717) is 6.61 Å². The van der Waals surface area contributed by atoms with E-state index in [0.717, 1.165) is 44.9 Å². The SMILES string of the molecule is CCCCOC(=O)C(Br)(CCC)CCCC. The van der Waals surface area contributed by atoms with E-state index in [2.05, 4.69) is 36.7 Å². The molecule has 0 N–H and O–H groups in total. The molecule has 1 unspecified atom stereocenters. The van der Waals surface area contributed by atoms with Crippen LogP contribution in [0, 0.1) is 0 Å². The molecule has 0 aliphatic rings. The third kappa shape index (κ3) is 5.88. The molecule has 3 heteroatoms. The van der Waals surface area contributed by atoms with Gasteiger partial charge >= 0.3 is 5.97 Å². The van der Waals surface area contributed by atoms with Gasteiger partial charge in [0.2, 0.25) is 0 Å². The lowest BCUT2D eigenvalue weighted by Crippen LogP contribution is -2.34. The first kappa shape index (κ1) is 16.0. The molecule has 0 rings (SSSR count). The van der Waals surface area contributed by atoms with Gasteiger partial charge in [0.05, 0.1) is 6.61 Å². The molecule has 0 aliphatic carbocycles. The van der Waals surface area contributed by atoms with Gasteiger partial charge in [-0.15, -0.1) is 0 Å². The summed E-state index contributed by atoms with van der Waals surface area (Å²) in [7, 11) is 0. The number of rotatable bonds is 9. The van der Waals surface area contributed by atoms with Gasteiger partial charge in [0, 0.05) is 0 Å². The number of carbonyl (C=O) groups excluding carboxylic acids is 1. The van der Waals surface area contributed by atoms with Crippen molar-refractivity contribution in [3.05, 3.63) is 0 Å². The molecule has 0 amide bonds. The second-order valence-corrected chi connectivity index (χ2v) is 5.83. The Labute approximate surface area is 108 Å². The molecule has 0 aliphatic heterocycles. The van der Waals surface area contributed by atoms with E-state index in [1.165, 1.54) is 0 Å². The summed E-state index contributed by atoms with van der Waals surface area (Å²) in [6, 6.07) is 0. The van der Waals surface area contributed by atoms with Crippen LogP contribution in [-0.2, 0) is 9.53 Å². The van der Waals surface area contributed by atoms with E-state index >= 15 is 0 Å². The number of halogens is 1. The van der Waals surface area contributed by atoms with Crippen LogP contribution in [0.2, 0.25) is 0 Å². The summed E-state index contributed by atoms with van der Waals surface area (Å²) in [4.78, 5) is 12.0. The van der Waals surface area contributed by atoms with Gasteiger partial charge in [-0.25, -0.2) is 0 Å². The molecule has 0 saturated carbocycles. The third-order valence-corrected chi connectivity index (χ3v) is 3.79. The summed E-state index contributed by atoms with van der Waals surface area (Å²) >= 11 is 3.59. The van der Waals surface area contributed by atoms with Crippen LogP contribution in [0.15, 0.2) is 0 Å². The van der Waals surface area contributed by atoms with Crippen LogP contribution in [0.4, 0.5) is 0 Å². The van der Waals surface area contributed by atoms with Crippen molar-refractivity contribution in [2.24, 2.45) is 0 Å². The molecule has 0 aromatic heterocycles.